The molecule has 0 heterocycles. The minimum Gasteiger partial charge on any atom is -0.411 e. The Hall–Kier alpha value is -0.730. The molecule has 0 spiro atoms. The second-order valence-electron chi connectivity index (χ2n) is 1.91. The summed E-state index contributed by atoms with van der Waals surface area (Å²) in [6.07, 6.45) is 1.23. The summed E-state index contributed by atoms with van der Waals surface area (Å²) >= 11 is 11.4. The second-order valence-corrected chi connectivity index (χ2v) is 2.75. The molecule has 0 aliphatic carbocycles. The highest BCUT2D eigenvalue weighted by Gasteiger charge is 1.97. The van der Waals surface area contributed by atoms with E-state index in [1.54, 1.807) is 18.2 Å². The van der Waals surface area contributed by atoms with Crippen LogP contribution < -0.4 is 0 Å². The predicted octanol–water partition coefficient (Wildman–Crippen LogP) is 2.80. The molecule has 1 aromatic rings. The zero-order valence-electron chi connectivity index (χ0n) is 5.46. The van der Waals surface area contributed by atoms with Crippen LogP contribution in [-0.2, 0) is 0 Å². The van der Waals surface area contributed by atoms with Crippen molar-refractivity contribution >= 4 is 29.4 Å². The summed E-state index contributed by atoms with van der Waals surface area (Å²) in [6.45, 7) is 0. The quantitative estimate of drug-likeness (QED) is 0.412. The number of rotatable bonds is 1. The zero-order chi connectivity index (χ0) is 8.27. The van der Waals surface area contributed by atoms with Gasteiger partial charge in [0.1, 0.15) is 0 Å². The van der Waals surface area contributed by atoms with Crippen molar-refractivity contribution in [1.29, 1.82) is 0 Å². The molecular formula is C7H5Cl2NO. The molecule has 0 unspecified atom stereocenters. The van der Waals surface area contributed by atoms with Gasteiger partial charge in [-0.3, -0.25) is 0 Å². The number of halogens is 2. The van der Waals surface area contributed by atoms with Gasteiger partial charge in [-0.05, 0) is 18.2 Å². The van der Waals surface area contributed by atoms with Crippen LogP contribution in [0.3, 0.4) is 0 Å². The van der Waals surface area contributed by atoms with Gasteiger partial charge in [0.25, 0.3) is 0 Å². The van der Waals surface area contributed by atoms with E-state index in [0.717, 1.165) is 0 Å². The lowest BCUT2D eigenvalue weighted by Crippen LogP contribution is -1.81. The summed E-state index contributed by atoms with van der Waals surface area (Å²) in [6, 6.07) is 4.92. The third-order valence-electron chi connectivity index (χ3n) is 1.15. The topological polar surface area (TPSA) is 32.6 Å². The van der Waals surface area contributed by atoms with E-state index >= 15 is 0 Å². The Balaban J connectivity index is 3.12. The van der Waals surface area contributed by atoms with Crippen LogP contribution in [0, 0.1) is 0 Å². The molecule has 0 aromatic heterocycles. The van der Waals surface area contributed by atoms with E-state index in [1.165, 1.54) is 6.21 Å². The van der Waals surface area contributed by atoms with E-state index < -0.39 is 0 Å². The highest BCUT2D eigenvalue weighted by atomic mass is 35.5. The Morgan fingerprint density at radius 3 is 2.73 bits per heavy atom. The van der Waals surface area contributed by atoms with E-state index in [2.05, 4.69) is 5.16 Å². The molecule has 0 amide bonds. The van der Waals surface area contributed by atoms with Crippen molar-refractivity contribution in [3.8, 4) is 0 Å². The monoisotopic (exact) mass is 189 g/mol. The van der Waals surface area contributed by atoms with Crippen molar-refractivity contribution in [1.82, 2.24) is 0 Å². The number of nitrogens with zero attached hydrogens (tertiary/aromatic N) is 1. The maximum atomic E-state index is 8.20. The molecule has 1 N–H and O–H groups in total. The Kier molecular flexibility index (Phi) is 2.74. The van der Waals surface area contributed by atoms with Crippen LogP contribution in [0.2, 0.25) is 10.0 Å². The van der Waals surface area contributed by atoms with E-state index in [-0.39, 0.29) is 0 Å². The number of hydrogen-bond donors (Lipinski definition) is 1. The summed E-state index contributed by atoms with van der Waals surface area (Å²) in [5.41, 5.74) is 0.599. The van der Waals surface area contributed by atoms with Crippen LogP contribution in [0.25, 0.3) is 0 Å². The molecule has 0 aliphatic rings. The van der Waals surface area contributed by atoms with Gasteiger partial charge in [-0.1, -0.05) is 28.4 Å². The van der Waals surface area contributed by atoms with Crippen molar-refractivity contribution in [2.45, 2.75) is 0 Å². The van der Waals surface area contributed by atoms with Gasteiger partial charge in [0.15, 0.2) is 0 Å². The van der Waals surface area contributed by atoms with E-state index in [0.29, 0.717) is 15.6 Å². The second kappa shape index (κ2) is 3.60. The summed E-state index contributed by atoms with van der Waals surface area (Å²) in [5.74, 6) is 0. The van der Waals surface area contributed by atoms with E-state index in [9.17, 15) is 0 Å². The first kappa shape index (κ1) is 8.37. The smallest absolute Gasteiger partial charge is 0.0749 e. The Morgan fingerprint density at radius 1 is 1.36 bits per heavy atom. The molecule has 0 saturated heterocycles. The normalized spacial score (nSPS) is 10.7. The lowest BCUT2D eigenvalue weighted by Gasteiger charge is -1.95. The lowest BCUT2D eigenvalue weighted by atomic mass is 10.2. The van der Waals surface area contributed by atoms with Gasteiger partial charge >= 0.3 is 0 Å². The van der Waals surface area contributed by atoms with Crippen LogP contribution in [0.1, 0.15) is 5.56 Å². The zero-order valence-corrected chi connectivity index (χ0v) is 6.97. The van der Waals surface area contributed by atoms with Gasteiger partial charge in [-0.25, -0.2) is 0 Å². The molecule has 1 rings (SSSR count). The van der Waals surface area contributed by atoms with Gasteiger partial charge in [0, 0.05) is 15.6 Å². The summed E-state index contributed by atoms with van der Waals surface area (Å²) in [4.78, 5) is 0. The largest absolute Gasteiger partial charge is 0.411 e. The molecule has 0 radical (unpaired) electrons. The van der Waals surface area contributed by atoms with E-state index in [4.69, 9.17) is 28.4 Å². The lowest BCUT2D eigenvalue weighted by molar-refractivity contribution is 0.322. The maximum absolute atomic E-state index is 8.20. The molecule has 0 saturated carbocycles. The molecule has 1 aromatic carbocycles. The molecule has 4 heteroatoms. The van der Waals surface area contributed by atoms with Crippen LogP contribution in [0.15, 0.2) is 23.4 Å². The first-order valence-corrected chi connectivity index (χ1v) is 3.62. The molecular weight excluding hydrogens is 185 g/mol. The van der Waals surface area contributed by atoms with Crippen molar-refractivity contribution in [2.75, 3.05) is 0 Å². The van der Waals surface area contributed by atoms with Gasteiger partial charge in [-0.15, -0.1) is 0 Å². The molecule has 2 nitrogen and oxygen atoms in total. The minimum atomic E-state index is 0.507. The van der Waals surface area contributed by atoms with Gasteiger partial charge in [0.05, 0.1) is 6.21 Å². The van der Waals surface area contributed by atoms with Crippen molar-refractivity contribution < 1.29 is 5.21 Å². The molecule has 0 aliphatic heterocycles. The van der Waals surface area contributed by atoms with Crippen LogP contribution in [-0.4, -0.2) is 11.4 Å². The Morgan fingerprint density at radius 2 is 2.09 bits per heavy atom. The van der Waals surface area contributed by atoms with Gasteiger partial charge < -0.3 is 5.21 Å². The summed E-state index contributed by atoms with van der Waals surface area (Å²) in [7, 11) is 0. The Bertz CT molecular complexity index is 286. The highest BCUT2D eigenvalue weighted by molar-refractivity contribution is 6.35. The molecule has 0 atom stereocenters. The van der Waals surface area contributed by atoms with Crippen molar-refractivity contribution in [3.05, 3.63) is 33.8 Å². The highest BCUT2D eigenvalue weighted by Crippen LogP contribution is 2.18. The average molecular weight is 190 g/mol. The fourth-order valence-electron chi connectivity index (χ4n) is 0.676. The molecule has 58 valence electrons. The number of hydrogen-bond acceptors (Lipinski definition) is 2. The van der Waals surface area contributed by atoms with Crippen LogP contribution >= 0.6 is 23.2 Å². The molecule has 0 bridgehead atoms. The average Bonchev–Trinajstić information content (AvgIpc) is 1.98. The summed E-state index contributed by atoms with van der Waals surface area (Å²) in [5, 5.41) is 12.1. The summed E-state index contributed by atoms with van der Waals surface area (Å²) < 4.78 is 0. The Labute approximate surface area is 74.0 Å². The molecule has 11 heavy (non-hydrogen) atoms. The van der Waals surface area contributed by atoms with E-state index in [1.807, 2.05) is 0 Å². The van der Waals surface area contributed by atoms with Crippen LogP contribution in [0.4, 0.5) is 0 Å². The third kappa shape index (κ3) is 2.10. The fourth-order valence-corrected chi connectivity index (χ4v) is 1.02. The van der Waals surface area contributed by atoms with Crippen molar-refractivity contribution in [2.24, 2.45) is 5.16 Å². The first-order chi connectivity index (χ1) is 5.24. The maximum Gasteiger partial charge on any atom is 0.0749 e. The third-order valence-corrected chi connectivity index (χ3v) is 1.73. The minimum absolute atomic E-state index is 0.507. The van der Waals surface area contributed by atoms with Gasteiger partial charge in [0.2, 0.25) is 0 Å². The molecule has 0 fully saturated rings. The van der Waals surface area contributed by atoms with Gasteiger partial charge in [-0.2, -0.15) is 0 Å². The number of oxime groups is 1. The number of benzene rings is 1. The first-order valence-electron chi connectivity index (χ1n) is 2.86. The SMILES string of the molecule is O/N=C\c1cc(Cl)ccc1Cl. The van der Waals surface area contributed by atoms with Crippen LogP contribution in [0.5, 0.6) is 0 Å². The van der Waals surface area contributed by atoms with Crippen molar-refractivity contribution in [3.63, 3.8) is 0 Å². The fraction of sp³-hybridized carbons (Fsp3) is 0. The predicted molar refractivity (Wildman–Crippen MR) is 45.8 cm³/mol. The standard InChI is InChI=1S/C7H5Cl2NO/c8-6-1-2-7(9)5(3-6)4-10-11/h1-4,11H/b10-4-.